The summed E-state index contributed by atoms with van der Waals surface area (Å²) in [6, 6.07) is 7.95. The molecular weight excluding hydrogens is 517 g/mol. The highest BCUT2D eigenvalue weighted by molar-refractivity contribution is 6.38. The highest BCUT2D eigenvalue weighted by Gasteiger charge is 2.48. The van der Waals surface area contributed by atoms with Crippen LogP contribution in [0.2, 0.25) is 10.0 Å². The number of carbonyl (C=O) groups is 2. The zero-order chi connectivity index (χ0) is 26.6. The maximum absolute atomic E-state index is 13.7. The monoisotopic (exact) mass is 549 g/mol. The van der Waals surface area contributed by atoms with E-state index in [1.165, 1.54) is 0 Å². The molecule has 2 atom stereocenters. The third kappa shape index (κ3) is 6.67. The molecule has 0 bridgehead atoms. The Morgan fingerprint density at radius 2 is 1.78 bits per heavy atom. The van der Waals surface area contributed by atoms with Gasteiger partial charge in [-0.3, -0.25) is 9.78 Å². The summed E-state index contributed by atoms with van der Waals surface area (Å²) in [6.45, 7) is 8.04. The molecule has 1 aromatic carbocycles. The van der Waals surface area contributed by atoms with Gasteiger partial charge in [0.2, 0.25) is 11.7 Å². The van der Waals surface area contributed by atoms with E-state index in [4.69, 9.17) is 37.4 Å². The molecule has 1 amide bonds. The molecule has 2 saturated heterocycles. The molecule has 2 fully saturated rings. The third-order valence-corrected chi connectivity index (χ3v) is 7.18. The van der Waals surface area contributed by atoms with Gasteiger partial charge in [-0.25, -0.2) is 4.79 Å². The summed E-state index contributed by atoms with van der Waals surface area (Å²) in [5.74, 6) is -1.44. The number of cyclic esters (lactones) is 1. The van der Waals surface area contributed by atoms with Crippen LogP contribution in [0.5, 0.6) is 5.75 Å². The van der Waals surface area contributed by atoms with E-state index in [2.05, 4.69) is 9.88 Å². The molecule has 0 unspecified atom stereocenters. The summed E-state index contributed by atoms with van der Waals surface area (Å²) in [5.41, 5.74) is 1.87. The average Bonchev–Trinajstić information content (AvgIpc) is 3.14. The lowest BCUT2D eigenvalue weighted by molar-refractivity contribution is -0.162. The van der Waals surface area contributed by atoms with E-state index in [1.54, 1.807) is 31.1 Å². The van der Waals surface area contributed by atoms with Crippen LogP contribution in [0, 0.1) is 5.92 Å². The first-order chi connectivity index (χ1) is 17.7. The Balaban J connectivity index is 1.42. The summed E-state index contributed by atoms with van der Waals surface area (Å²) in [4.78, 5) is 34.3. The maximum atomic E-state index is 13.7. The first-order valence-corrected chi connectivity index (χ1v) is 13.4. The van der Waals surface area contributed by atoms with Crippen molar-refractivity contribution in [1.82, 2.24) is 9.88 Å². The van der Waals surface area contributed by atoms with Crippen molar-refractivity contribution in [2.24, 2.45) is 5.92 Å². The molecular formula is C27H33Cl2N3O5. The summed E-state index contributed by atoms with van der Waals surface area (Å²) < 4.78 is 16.8. The molecule has 0 saturated carbocycles. The number of aromatic nitrogens is 1. The van der Waals surface area contributed by atoms with Crippen molar-refractivity contribution in [3.8, 4) is 5.75 Å². The topological polar surface area (TPSA) is 81.2 Å². The number of anilines is 1. The standard InChI is InChI=1S/C27H33Cl2N3O5/c1-4-35-19-10-8-18(9-11-19)6-5-7-20(24-26(34)37-27(2,3)36-24)25(33)32-14-12-31(13-15-32)23-21(28)16-30-17-22(23)29/h8-11,16-17,20,24H,4-7,12-15H2,1-3H3/t20-,24+/m1/s1. The molecule has 1 aromatic heterocycles. The minimum absolute atomic E-state index is 0.0992. The molecule has 4 rings (SSSR count). The van der Waals surface area contributed by atoms with Gasteiger partial charge in [0.1, 0.15) is 5.75 Å². The van der Waals surface area contributed by atoms with Gasteiger partial charge in [0.15, 0.2) is 6.10 Å². The highest BCUT2D eigenvalue weighted by Crippen LogP contribution is 2.35. The van der Waals surface area contributed by atoms with Gasteiger partial charge in [-0.15, -0.1) is 0 Å². The molecule has 0 spiro atoms. The zero-order valence-electron chi connectivity index (χ0n) is 21.4. The second-order valence-corrected chi connectivity index (χ2v) is 10.5. The fraction of sp³-hybridized carbons (Fsp3) is 0.519. The lowest BCUT2D eigenvalue weighted by Crippen LogP contribution is -2.52. The number of hydrogen-bond donors (Lipinski definition) is 0. The molecule has 0 radical (unpaired) electrons. The second-order valence-electron chi connectivity index (χ2n) is 9.70. The first kappa shape index (κ1) is 27.5. The molecule has 2 aliphatic heterocycles. The van der Waals surface area contributed by atoms with Gasteiger partial charge >= 0.3 is 5.97 Å². The van der Waals surface area contributed by atoms with Crippen LogP contribution >= 0.6 is 23.2 Å². The number of carbonyl (C=O) groups excluding carboxylic acids is 2. The van der Waals surface area contributed by atoms with Crippen LogP contribution in [0.15, 0.2) is 36.7 Å². The van der Waals surface area contributed by atoms with Crippen LogP contribution in [0.4, 0.5) is 5.69 Å². The van der Waals surface area contributed by atoms with Crippen molar-refractivity contribution >= 4 is 40.8 Å². The van der Waals surface area contributed by atoms with Crippen molar-refractivity contribution in [2.45, 2.75) is 51.9 Å². The van der Waals surface area contributed by atoms with Crippen LogP contribution in [0.25, 0.3) is 0 Å². The number of esters is 1. The minimum atomic E-state index is -1.05. The highest BCUT2D eigenvalue weighted by atomic mass is 35.5. The number of hydrogen-bond acceptors (Lipinski definition) is 7. The summed E-state index contributed by atoms with van der Waals surface area (Å²) in [5, 5.41) is 0.951. The van der Waals surface area contributed by atoms with Crippen LogP contribution in [-0.2, 0) is 25.5 Å². The van der Waals surface area contributed by atoms with E-state index < -0.39 is 23.8 Å². The Labute approximate surface area is 227 Å². The molecule has 0 N–H and O–H groups in total. The molecule has 2 aliphatic rings. The van der Waals surface area contributed by atoms with Crippen LogP contribution in [0.3, 0.4) is 0 Å². The quantitative estimate of drug-likeness (QED) is 0.417. The number of rotatable bonds is 9. The molecule has 8 nitrogen and oxygen atoms in total. The van der Waals surface area contributed by atoms with Crippen molar-refractivity contribution < 1.29 is 23.8 Å². The predicted molar refractivity (Wildman–Crippen MR) is 142 cm³/mol. The Morgan fingerprint density at radius 3 is 2.35 bits per heavy atom. The Kier molecular flexibility index (Phi) is 8.82. The number of ether oxygens (including phenoxy) is 3. The van der Waals surface area contributed by atoms with Crippen molar-refractivity contribution in [3.63, 3.8) is 0 Å². The summed E-state index contributed by atoms with van der Waals surface area (Å²) in [7, 11) is 0. The van der Waals surface area contributed by atoms with Gasteiger partial charge in [0.25, 0.3) is 0 Å². The van der Waals surface area contributed by atoms with Gasteiger partial charge < -0.3 is 24.0 Å². The van der Waals surface area contributed by atoms with E-state index in [1.807, 2.05) is 31.2 Å². The van der Waals surface area contributed by atoms with Crippen LogP contribution < -0.4 is 9.64 Å². The fourth-order valence-corrected chi connectivity index (χ4v) is 5.47. The Hall–Kier alpha value is -2.55. The third-order valence-electron chi connectivity index (χ3n) is 6.62. The van der Waals surface area contributed by atoms with Crippen LogP contribution in [0.1, 0.15) is 39.2 Å². The number of halogens is 2. The number of pyridine rings is 1. The molecule has 0 aliphatic carbocycles. The van der Waals surface area contributed by atoms with E-state index in [0.717, 1.165) is 29.8 Å². The normalized spacial score (nSPS) is 20.0. The lowest BCUT2D eigenvalue weighted by Gasteiger charge is -2.38. The largest absolute Gasteiger partial charge is 0.494 e. The summed E-state index contributed by atoms with van der Waals surface area (Å²) in [6.07, 6.45) is 4.19. The van der Waals surface area contributed by atoms with E-state index in [0.29, 0.717) is 49.3 Å². The predicted octanol–water partition coefficient (Wildman–Crippen LogP) is 4.75. The number of amides is 1. The van der Waals surface area contributed by atoms with Gasteiger partial charge in [-0.1, -0.05) is 35.3 Å². The van der Waals surface area contributed by atoms with E-state index in [-0.39, 0.29) is 5.91 Å². The Bertz CT molecular complexity index is 1080. The molecule has 37 heavy (non-hydrogen) atoms. The smallest absolute Gasteiger partial charge is 0.338 e. The number of benzene rings is 1. The average molecular weight is 550 g/mol. The van der Waals surface area contributed by atoms with Gasteiger partial charge in [-0.2, -0.15) is 0 Å². The molecule has 2 aromatic rings. The molecule has 3 heterocycles. The Morgan fingerprint density at radius 1 is 1.14 bits per heavy atom. The first-order valence-electron chi connectivity index (χ1n) is 12.6. The van der Waals surface area contributed by atoms with Gasteiger partial charge in [0.05, 0.1) is 28.3 Å². The maximum Gasteiger partial charge on any atom is 0.338 e. The molecule has 10 heteroatoms. The second kappa shape index (κ2) is 11.9. The van der Waals surface area contributed by atoms with E-state index >= 15 is 0 Å². The number of nitrogens with zero attached hydrogens (tertiary/aromatic N) is 3. The number of piperazine rings is 1. The fourth-order valence-electron chi connectivity index (χ4n) is 4.87. The van der Waals surface area contributed by atoms with Crippen molar-refractivity contribution in [2.75, 3.05) is 37.7 Å². The van der Waals surface area contributed by atoms with Crippen molar-refractivity contribution in [3.05, 3.63) is 52.3 Å². The van der Waals surface area contributed by atoms with Crippen LogP contribution in [-0.4, -0.2) is 66.4 Å². The van der Waals surface area contributed by atoms with Crippen molar-refractivity contribution in [1.29, 1.82) is 0 Å². The zero-order valence-corrected chi connectivity index (χ0v) is 22.9. The minimum Gasteiger partial charge on any atom is -0.494 e. The van der Waals surface area contributed by atoms with Gasteiger partial charge in [0, 0.05) is 52.4 Å². The van der Waals surface area contributed by atoms with Gasteiger partial charge in [-0.05, 0) is 43.9 Å². The number of aryl methyl sites for hydroxylation is 1. The molecule has 200 valence electrons. The van der Waals surface area contributed by atoms with E-state index in [9.17, 15) is 9.59 Å². The summed E-state index contributed by atoms with van der Waals surface area (Å²) >= 11 is 12.7. The lowest BCUT2D eigenvalue weighted by atomic mass is 9.92. The SMILES string of the molecule is CCOc1ccc(CCC[C@@H](C(=O)N2CCN(c3c(Cl)cncc3Cl)CC2)[C@@H]2OC(C)(C)OC2=O)cc1.